The summed E-state index contributed by atoms with van der Waals surface area (Å²) in [6.07, 6.45) is 24.8. The SMILES string of the molecule is CCCCCCCC[N+](CCCCCCCC)(CCCCCCCC)CC(OC)OCC.[Cl-]. The fourth-order valence-corrected chi connectivity index (χ4v) is 4.99. The van der Waals surface area contributed by atoms with Gasteiger partial charge in [0.05, 0.1) is 19.6 Å². The molecule has 4 heteroatoms. The lowest BCUT2D eigenvalue weighted by molar-refractivity contribution is -0.934. The smallest absolute Gasteiger partial charge is 0.207 e. The van der Waals surface area contributed by atoms with Crippen LogP contribution in [-0.2, 0) is 9.47 Å². The Morgan fingerprint density at radius 2 is 0.848 bits per heavy atom. The number of methoxy groups -OCH3 is 1. The molecule has 0 amide bonds. The summed E-state index contributed by atoms with van der Waals surface area (Å²) in [5.74, 6) is 0. The zero-order valence-electron chi connectivity index (χ0n) is 23.5. The Bertz CT molecular complexity index is 327. The number of quaternary nitrogens is 1. The molecular weight excluding hydrogens is 430 g/mol. The lowest BCUT2D eigenvalue weighted by Gasteiger charge is -2.41. The minimum absolute atomic E-state index is 0. The van der Waals surface area contributed by atoms with Gasteiger partial charge in [-0.15, -0.1) is 0 Å². The van der Waals surface area contributed by atoms with Crippen molar-refractivity contribution in [1.82, 2.24) is 0 Å². The van der Waals surface area contributed by atoms with Gasteiger partial charge in [0, 0.05) is 13.7 Å². The summed E-state index contributed by atoms with van der Waals surface area (Å²) in [6, 6.07) is 0. The fraction of sp³-hybridized carbons (Fsp3) is 1.00. The molecule has 0 bridgehead atoms. The van der Waals surface area contributed by atoms with E-state index in [1.54, 1.807) is 0 Å². The summed E-state index contributed by atoms with van der Waals surface area (Å²) in [6.45, 7) is 14.7. The van der Waals surface area contributed by atoms with Crippen LogP contribution in [0.2, 0.25) is 0 Å². The maximum atomic E-state index is 5.99. The standard InChI is InChI=1S/C29H62NO2.ClH/c1-6-10-13-16-19-22-25-30(28-29(31-5)32-9-4,26-23-20-17-14-11-7-2)27-24-21-18-15-12-8-3;/h29H,6-28H2,1-5H3;1H/q+1;/p-1. The molecule has 0 saturated carbocycles. The fourth-order valence-electron chi connectivity index (χ4n) is 4.99. The number of nitrogens with zero attached hydrogens (tertiary/aromatic N) is 1. The van der Waals surface area contributed by atoms with Crippen molar-refractivity contribution in [3.8, 4) is 0 Å². The van der Waals surface area contributed by atoms with Gasteiger partial charge in [-0.3, -0.25) is 0 Å². The molecule has 0 aromatic heterocycles. The first-order chi connectivity index (χ1) is 15.7. The predicted molar refractivity (Wildman–Crippen MR) is 142 cm³/mol. The normalized spacial score (nSPS) is 12.6. The topological polar surface area (TPSA) is 18.5 Å². The first-order valence-electron chi connectivity index (χ1n) is 14.7. The average molecular weight is 492 g/mol. The van der Waals surface area contributed by atoms with Gasteiger partial charge < -0.3 is 26.4 Å². The van der Waals surface area contributed by atoms with Crippen LogP contribution in [0.4, 0.5) is 0 Å². The molecule has 0 aliphatic heterocycles. The number of unbranched alkanes of at least 4 members (excludes halogenated alkanes) is 15. The Morgan fingerprint density at radius 3 is 1.15 bits per heavy atom. The summed E-state index contributed by atoms with van der Waals surface area (Å²) in [5.41, 5.74) is 0. The molecule has 0 heterocycles. The van der Waals surface area contributed by atoms with Crippen LogP contribution in [-0.4, -0.2) is 50.7 Å². The second-order valence-corrected chi connectivity index (χ2v) is 10.1. The predicted octanol–water partition coefficient (Wildman–Crippen LogP) is 5.90. The molecule has 0 aromatic rings. The van der Waals surface area contributed by atoms with Gasteiger partial charge in [-0.25, -0.2) is 0 Å². The van der Waals surface area contributed by atoms with E-state index in [0.29, 0.717) is 0 Å². The number of halogens is 1. The van der Waals surface area contributed by atoms with E-state index in [1.165, 1.54) is 140 Å². The van der Waals surface area contributed by atoms with E-state index in [2.05, 4.69) is 27.7 Å². The molecule has 0 rings (SSSR count). The summed E-state index contributed by atoms with van der Waals surface area (Å²) >= 11 is 0. The van der Waals surface area contributed by atoms with Crippen LogP contribution in [0.1, 0.15) is 143 Å². The van der Waals surface area contributed by atoms with Gasteiger partial charge in [0.1, 0.15) is 6.54 Å². The van der Waals surface area contributed by atoms with Crippen molar-refractivity contribution in [2.24, 2.45) is 0 Å². The highest BCUT2D eigenvalue weighted by Crippen LogP contribution is 2.20. The van der Waals surface area contributed by atoms with Crippen molar-refractivity contribution >= 4 is 0 Å². The van der Waals surface area contributed by atoms with E-state index >= 15 is 0 Å². The van der Waals surface area contributed by atoms with Gasteiger partial charge in [0.15, 0.2) is 0 Å². The van der Waals surface area contributed by atoms with Crippen LogP contribution in [0.3, 0.4) is 0 Å². The quantitative estimate of drug-likeness (QED) is 0.0851. The van der Waals surface area contributed by atoms with Gasteiger partial charge >= 0.3 is 0 Å². The molecule has 0 radical (unpaired) electrons. The molecule has 202 valence electrons. The summed E-state index contributed by atoms with van der Waals surface area (Å²) in [5, 5.41) is 0. The molecule has 3 nitrogen and oxygen atoms in total. The zero-order chi connectivity index (χ0) is 23.8. The second-order valence-electron chi connectivity index (χ2n) is 10.1. The van der Waals surface area contributed by atoms with Crippen LogP contribution < -0.4 is 12.4 Å². The van der Waals surface area contributed by atoms with Crippen LogP contribution in [0.25, 0.3) is 0 Å². The van der Waals surface area contributed by atoms with Crippen molar-refractivity contribution in [3.63, 3.8) is 0 Å². The summed E-state index contributed by atoms with van der Waals surface area (Å²) in [4.78, 5) is 0. The minimum atomic E-state index is -0.0553. The van der Waals surface area contributed by atoms with E-state index < -0.39 is 0 Å². The minimum Gasteiger partial charge on any atom is -1.00 e. The van der Waals surface area contributed by atoms with E-state index in [0.717, 1.165) is 13.2 Å². The second kappa shape index (κ2) is 26.8. The third-order valence-electron chi connectivity index (χ3n) is 7.11. The largest absolute Gasteiger partial charge is 1.00 e. The van der Waals surface area contributed by atoms with Crippen LogP contribution >= 0.6 is 0 Å². The van der Waals surface area contributed by atoms with Crippen molar-refractivity contribution in [1.29, 1.82) is 0 Å². The molecule has 1 unspecified atom stereocenters. The van der Waals surface area contributed by atoms with E-state index in [9.17, 15) is 0 Å². The maximum absolute atomic E-state index is 5.99. The van der Waals surface area contributed by atoms with Crippen LogP contribution in [0.5, 0.6) is 0 Å². The lowest BCUT2D eigenvalue weighted by atomic mass is 10.1. The van der Waals surface area contributed by atoms with Gasteiger partial charge in [-0.05, 0) is 45.4 Å². The Balaban J connectivity index is 0. The van der Waals surface area contributed by atoms with E-state index in [-0.39, 0.29) is 18.7 Å². The molecule has 0 aromatic carbocycles. The van der Waals surface area contributed by atoms with Crippen molar-refractivity contribution in [2.75, 3.05) is 39.9 Å². The Labute approximate surface area is 215 Å². The molecule has 0 saturated heterocycles. The van der Waals surface area contributed by atoms with Gasteiger partial charge in [0.25, 0.3) is 0 Å². The Morgan fingerprint density at radius 1 is 0.515 bits per heavy atom. The Hall–Kier alpha value is 0.170. The van der Waals surface area contributed by atoms with Crippen LogP contribution in [0.15, 0.2) is 0 Å². The molecule has 0 N–H and O–H groups in total. The number of rotatable bonds is 26. The van der Waals surface area contributed by atoms with E-state index in [4.69, 9.17) is 9.47 Å². The van der Waals surface area contributed by atoms with E-state index in [1.807, 2.05) is 7.11 Å². The first-order valence-corrected chi connectivity index (χ1v) is 14.7. The molecule has 0 spiro atoms. The zero-order valence-corrected chi connectivity index (χ0v) is 24.2. The highest BCUT2D eigenvalue weighted by atomic mass is 35.5. The average Bonchev–Trinajstić information content (AvgIpc) is 2.80. The third kappa shape index (κ3) is 21.2. The van der Waals surface area contributed by atoms with Crippen molar-refractivity contribution in [3.05, 3.63) is 0 Å². The first kappa shape index (κ1) is 35.3. The van der Waals surface area contributed by atoms with Gasteiger partial charge in [-0.2, -0.15) is 0 Å². The van der Waals surface area contributed by atoms with Gasteiger partial charge in [-0.1, -0.05) is 97.8 Å². The van der Waals surface area contributed by atoms with Crippen molar-refractivity contribution in [2.45, 2.75) is 150 Å². The summed E-state index contributed by atoms with van der Waals surface area (Å²) in [7, 11) is 1.83. The van der Waals surface area contributed by atoms with Crippen LogP contribution in [0, 0.1) is 0 Å². The molecule has 1 atom stereocenters. The molecule has 0 aliphatic rings. The number of ether oxygens (including phenoxy) is 2. The lowest BCUT2D eigenvalue weighted by Crippen LogP contribution is -3.00. The molecule has 0 aliphatic carbocycles. The van der Waals surface area contributed by atoms with Crippen molar-refractivity contribution < 1.29 is 26.4 Å². The molecule has 33 heavy (non-hydrogen) atoms. The molecular formula is C29H62ClNO2. The monoisotopic (exact) mass is 491 g/mol. The summed E-state index contributed by atoms with van der Waals surface area (Å²) < 4.78 is 13.0. The molecule has 0 fully saturated rings. The maximum Gasteiger partial charge on any atom is 0.207 e. The number of hydrogen-bond acceptors (Lipinski definition) is 2. The highest BCUT2D eigenvalue weighted by Gasteiger charge is 2.30. The Kier molecular flexibility index (Phi) is 28.7. The third-order valence-corrected chi connectivity index (χ3v) is 7.11. The van der Waals surface area contributed by atoms with Gasteiger partial charge in [0.2, 0.25) is 6.29 Å². The number of hydrogen-bond donors (Lipinski definition) is 0. The highest BCUT2D eigenvalue weighted by molar-refractivity contribution is 4.55.